The summed E-state index contributed by atoms with van der Waals surface area (Å²) in [5, 5.41) is 4.54. The monoisotopic (exact) mass is 263 g/mol. The van der Waals surface area contributed by atoms with E-state index in [1.807, 2.05) is 0 Å². The van der Waals surface area contributed by atoms with E-state index in [1.54, 1.807) is 0 Å². The molecular formula is C16H25NS. The van der Waals surface area contributed by atoms with E-state index in [2.05, 4.69) is 55.2 Å². The van der Waals surface area contributed by atoms with E-state index < -0.39 is 0 Å². The van der Waals surface area contributed by atoms with E-state index in [4.69, 9.17) is 0 Å². The van der Waals surface area contributed by atoms with Gasteiger partial charge in [-0.25, -0.2) is 0 Å². The molecule has 0 heterocycles. The Morgan fingerprint density at radius 3 is 2.50 bits per heavy atom. The standard InChI is InChI=1S/C16H25NS/c1-3-17-16(12-18-15-6-4-5-7-15)14-10-8-13(2)9-11-14/h8-11,15-17H,3-7,12H2,1-2H3. The molecule has 2 rings (SSSR count). The third-order valence-electron chi connectivity index (χ3n) is 3.73. The van der Waals surface area contributed by atoms with Gasteiger partial charge in [0.1, 0.15) is 0 Å². The van der Waals surface area contributed by atoms with Crippen LogP contribution in [0.15, 0.2) is 24.3 Å². The van der Waals surface area contributed by atoms with Crippen LogP contribution in [0.3, 0.4) is 0 Å². The zero-order valence-electron chi connectivity index (χ0n) is 11.6. The van der Waals surface area contributed by atoms with Gasteiger partial charge in [-0.15, -0.1) is 0 Å². The van der Waals surface area contributed by atoms with Crippen molar-refractivity contribution in [1.29, 1.82) is 0 Å². The van der Waals surface area contributed by atoms with E-state index in [1.165, 1.54) is 42.6 Å². The van der Waals surface area contributed by atoms with E-state index in [0.29, 0.717) is 6.04 Å². The first-order valence-corrected chi connectivity index (χ1v) is 8.26. The molecule has 0 aliphatic heterocycles. The minimum Gasteiger partial charge on any atom is -0.310 e. The van der Waals surface area contributed by atoms with Crippen LogP contribution in [0, 0.1) is 6.92 Å². The summed E-state index contributed by atoms with van der Waals surface area (Å²) in [4.78, 5) is 0. The average Bonchev–Trinajstić information content (AvgIpc) is 2.89. The number of hydrogen-bond acceptors (Lipinski definition) is 2. The Morgan fingerprint density at radius 1 is 1.22 bits per heavy atom. The molecule has 1 fully saturated rings. The summed E-state index contributed by atoms with van der Waals surface area (Å²) < 4.78 is 0. The van der Waals surface area contributed by atoms with Crippen LogP contribution in [0.2, 0.25) is 0 Å². The number of benzene rings is 1. The summed E-state index contributed by atoms with van der Waals surface area (Å²) in [6, 6.07) is 9.51. The Hall–Kier alpha value is -0.470. The van der Waals surface area contributed by atoms with Crippen molar-refractivity contribution in [3.8, 4) is 0 Å². The summed E-state index contributed by atoms with van der Waals surface area (Å²) in [6.07, 6.45) is 5.73. The van der Waals surface area contributed by atoms with Gasteiger partial charge in [0.2, 0.25) is 0 Å². The molecule has 1 atom stereocenters. The second-order valence-corrected chi connectivity index (χ2v) is 6.59. The quantitative estimate of drug-likeness (QED) is 0.820. The van der Waals surface area contributed by atoms with Crippen LogP contribution in [0.1, 0.15) is 49.8 Å². The van der Waals surface area contributed by atoms with E-state index in [0.717, 1.165) is 11.8 Å². The van der Waals surface area contributed by atoms with Gasteiger partial charge in [0.05, 0.1) is 0 Å². The Morgan fingerprint density at radius 2 is 1.89 bits per heavy atom. The lowest BCUT2D eigenvalue weighted by atomic mass is 10.1. The van der Waals surface area contributed by atoms with Crippen LogP contribution in [0.25, 0.3) is 0 Å². The average molecular weight is 263 g/mol. The highest BCUT2D eigenvalue weighted by Gasteiger charge is 2.18. The molecule has 0 radical (unpaired) electrons. The first-order chi connectivity index (χ1) is 8.79. The Labute approximate surface area is 116 Å². The molecule has 0 amide bonds. The van der Waals surface area contributed by atoms with E-state index >= 15 is 0 Å². The van der Waals surface area contributed by atoms with Gasteiger partial charge < -0.3 is 5.32 Å². The van der Waals surface area contributed by atoms with Gasteiger partial charge in [0.25, 0.3) is 0 Å². The first kappa shape index (κ1) is 14.0. The fraction of sp³-hybridized carbons (Fsp3) is 0.625. The zero-order chi connectivity index (χ0) is 12.8. The van der Waals surface area contributed by atoms with Gasteiger partial charge in [-0.05, 0) is 31.9 Å². The van der Waals surface area contributed by atoms with Crippen LogP contribution >= 0.6 is 11.8 Å². The highest BCUT2D eigenvalue weighted by molar-refractivity contribution is 7.99. The molecule has 2 heteroatoms. The summed E-state index contributed by atoms with van der Waals surface area (Å²) in [5.41, 5.74) is 2.78. The molecule has 0 spiro atoms. The molecule has 1 nitrogen and oxygen atoms in total. The zero-order valence-corrected chi connectivity index (χ0v) is 12.4. The number of thioether (sulfide) groups is 1. The lowest BCUT2D eigenvalue weighted by molar-refractivity contribution is 0.604. The third kappa shape index (κ3) is 4.03. The van der Waals surface area contributed by atoms with Gasteiger partial charge in [0, 0.05) is 17.0 Å². The van der Waals surface area contributed by atoms with Gasteiger partial charge in [0.15, 0.2) is 0 Å². The largest absolute Gasteiger partial charge is 0.310 e. The van der Waals surface area contributed by atoms with E-state index in [-0.39, 0.29) is 0 Å². The van der Waals surface area contributed by atoms with Crippen molar-refractivity contribution >= 4 is 11.8 Å². The Balaban J connectivity index is 1.91. The maximum atomic E-state index is 3.62. The normalized spacial score (nSPS) is 18.1. The van der Waals surface area contributed by atoms with Crippen molar-refractivity contribution in [3.05, 3.63) is 35.4 Å². The van der Waals surface area contributed by atoms with Crippen molar-refractivity contribution in [2.75, 3.05) is 12.3 Å². The minimum atomic E-state index is 0.515. The Bertz CT molecular complexity index is 341. The second-order valence-electron chi connectivity index (χ2n) is 5.26. The van der Waals surface area contributed by atoms with Crippen LogP contribution in [0.5, 0.6) is 0 Å². The maximum Gasteiger partial charge on any atom is 0.0411 e. The molecule has 0 aromatic heterocycles. The molecule has 0 bridgehead atoms. The van der Waals surface area contributed by atoms with Gasteiger partial charge in [-0.3, -0.25) is 0 Å². The predicted octanol–water partition coefficient (Wildman–Crippen LogP) is 4.32. The molecule has 18 heavy (non-hydrogen) atoms. The molecule has 100 valence electrons. The fourth-order valence-corrected chi connectivity index (χ4v) is 4.05. The van der Waals surface area contributed by atoms with Crippen molar-refractivity contribution < 1.29 is 0 Å². The number of hydrogen-bond donors (Lipinski definition) is 1. The molecule has 1 N–H and O–H groups in total. The molecule has 1 aliphatic carbocycles. The highest BCUT2D eigenvalue weighted by Crippen LogP contribution is 2.32. The lowest BCUT2D eigenvalue weighted by Crippen LogP contribution is -2.23. The molecule has 1 aromatic rings. The van der Waals surface area contributed by atoms with Gasteiger partial charge in [-0.1, -0.05) is 49.6 Å². The van der Waals surface area contributed by atoms with Crippen molar-refractivity contribution in [3.63, 3.8) is 0 Å². The topological polar surface area (TPSA) is 12.0 Å². The smallest absolute Gasteiger partial charge is 0.0411 e. The molecule has 1 saturated carbocycles. The molecule has 1 aromatic carbocycles. The van der Waals surface area contributed by atoms with Crippen LogP contribution in [0.4, 0.5) is 0 Å². The lowest BCUT2D eigenvalue weighted by Gasteiger charge is -2.20. The number of rotatable bonds is 6. The first-order valence-electron chi connectivity index (χ1n) is 7.21. The molecule has 1 aliphatic rings. The van der Waals surface area contributed by atoms with Crippen molar-refractivity contribution in [2.45, 2.75) is 50.8 Å². The fourth-order valence-electron chi connectivity index (χ4n) is 2.61. The SMILES string of the molecule is CCNC(CSC1CCCC1)c1ccc(C)cc1. The highest BCUT2D eigenvalue weighted by atomic mass is 32.2. The maximum absolute atomic E-state index is 3.62. The summed E-state index contributed by atoms with van der Waals surface area (Å²) in [7, 11) is 0. The summed E-state index contributed by atoms with van der Waals surface area (Å²) in [5.74, 6) is 1.21. The van der Waals surface area contributed by atoms with Crippen molar-refractivity contribution in [1.82, 2.24) is 5.32 Å². The van der Waals surface area contributed by atoms with Crippen LogP contribution in [-0.2, 0) is 0 Å². The molecule has 1 unspecified atom stereocenters. The van der Waals surface area contributed by atoms with Gasteiger partial charge >= 0.3 is 0 Å². The minimum absolute atomic E-state index is 0.515. The van der Waals surface area contributed by atoms with Gasteiger partial charge in [-0.2, -0.15) is 11.8 Å². The number of aryl methyl sites for hydroxylation is 1. The summed E-state index contributed by atoms with van der Waals surface area (Å²) >= 11 is 2.17. The summed E-state index contributed by atoms with van der Waals surface area (Å²) in [6.45, 7) is 5.39. The van der Waals surface area contributed by atoms with Crippen LogP contribution in [-0.4, -0.2) is 17.5 Å². The predicted molar refractivity (Wildman–Crippen MR) is 82.3 cm³/mol. The third-order valence-corrected chi connectivity index (χ3v) is 5.20. The van der Waals surface area contributed by atoms with Crippen LogP contribution < -0.4 is 5.32 Å². The van der Waals surface area contributed by atoms with E-state index in [9.17, 15) is 0 Å². The van der Waals surface area contributed by atoms with Crippen molar-refractivity contribution in [2.24, 2.45) is 0 Å². The molecular weight excluding hydrogens is 238 g/mol. The molecule has 0 saturated heterocycles. The Kier molecular flexibility index (Phi) is 5.58. The second kappa shape index (κ2) is 7.20. The number of nitrogens with one attached hydrogen (secondary N) is 1.